The van der Waals surface area contributed by atoms with Crippen molar-refractivity contribution in [1.82, 2.24) is 0 Å². The SMILES string of the molecule is COc1ccc(CO[C@H](C)C/C=C/B2OCC(C)(C)CO2)cc1. The first-order chi connectivity index (χ1) is 11.0. The van der Waals surface area contributed by atoms with E-state index in [1.807, 2.05) is 30.2 Å². The Kier molecular flexibility index (Phi) is 6.69. The molecule has 5 heteroatoms. The van der Waals surface area contributed by atoms with Crippen molar-refractivity contribution in [2.24, 2.45) is 5.41 Å². The van der Waals surface area contributed by atoms with Crippen molar-refractivity contribution >= 4 is 7.12 Å². The summed E-state index contributed by atoms with van der Waals surface area (Å²) in [6.45, 7) is 8.41. The number of methoxy groups -OCH3 is 1. The molecule has 0 saturated carbocycles. The van der Waals surface area contributed by atoms with Crippen molar-refractivity contribution in [3.8, 4) is 5.75 Å². The van der Waals surface area contributed by atoms with Gasteiger partial charge in [0.05, 0.1) is 19.8 Å². The summed E-state index contributed by atoms with van der Waals surface area (Å²) in [6, 6.07) is 7.94. The van der Waals surface area contributed by atoms with Crippen LogP contribution >= 0.6 is 0 Å². The van der Waals surface area contributed by atoms with Gasteiger partial charge in [0.1, 0.15) is 5.75 Å². The summed E-state index contributed by atoms with van der Waals surface area (Å²) in [5.74, 6) is 2.84. The lowest BCUT2D eigenvalue weighted by molar-refractivity contribution is 0.0334. The van der Waals surface area contributed by atoms with E-state index in [1.165, 1.54) is 0 Å². The van der Waals surface area contributed by atoms with Gasteiger partial charge in [0.15, 0.2) is 0 Å². The molecule has 0 bridgehead atoms. The molecule has 1 saturated heterocycles. The predicted molar refractivity (Wildman–Crippen MR) is 92.4 cm³/mol. The summed E-state index contributed by atoms with van der Waals surface area (Å²) in [5, 5.41) is 0. The van der Waals surface area contributed by atoms with Gasteiger partial charge in [0, 0.05) is 18.6 Å². The molecule has 0 aromatic heterocycles. The van der Waals surface area contributed by atoms with E-state index in [-0.39, 0.29) is 18.6 Å². The quantitative estimate of drug-likeness (QED) is 0.719. The molecule has 0 aliphatic carbocycles. The summed E-state index contributed by atoms with van der Waals surface area (Å²) < 4.78 is 22.3. The zero-order valence-corrected chi connectivity index (χ0v) is 14.6. The van der Waals surface area contributed by atoms with Crippen molar-refractivity contribution in [3.05, 3.63) is 41.9 Å². The van der Waals surface area contributed by atoms with Gasteiger partial charge in [-0.05, 0) is 31.0 Å². The van der Waals surface area contributed by atoms with E-state index in [4.69, 9.17) is 18.8 Å². The first kappa shape index (κ1) is 18.0. The minimum absolute atomic E-state index is 0.110. The lowest BCUT2D eigenvalue weighted by Crippen LogP contribution is -2.39. The molecule has 2 rings (SSSR count). The van der Waals surface area contributed by atoms with Gasteiger partial charge < -0.3 is 18.8 Å². The van der Waals surface area contributed by atoms with Crippen LogP contribution in [0.25, 0.3) is 0 Å². The van der Waals surface area contributed by atoms with E-state index in [0.29, 0.717) is 6.61 Å². The maximum absolute atomic E-state index is 5.85. The molecule has 0 amide bonds. The fourth-order valence-corrected chi connectivity index (χ4v) is 2.23. The highest BCUT2D eigenvalue weighted by molar-refractivity contribution is 6.50. The Bertz CT molecular complexity index is 488. The zero-order valence-electron chi connectivity index (χ0n) is 14.6. The summed E-state index contributed by atoms with van der Waals surface area (Å²) in [5.41, 5.74) is 1.25. The predicted octanol–water partition coefficient (Wildman–Crippen LogP) is 3.65. The van der Waals surface area contributed by atoms with Gasteiger partial charge in [0.25, 0.3) is 0 Å². The van der Waals surface area contributed by atoms with Crippen molar-refractivity contribution < 1.29 is 18.8 Å². The average molecular weight is 318 g/mol. The third kappa shape index (κ3) is 6.38. The normalized spacial score (nSPS) is 19.0. The van der Waals surface area contributed by atoms with Crippen LogP contribution in [-0.2, 0) is 20.7 Å². The average Bonchev–Trinajstić information content (AvgIpc) is 2.55. The summed E-state index contributed by atoms with van der Waals surface area (Å²) in [7, 11) is 1.44. The Morgan fingerprint density at radius 3 is 2.48 bits per heavy atom. The molecule has 1 aliphatic rings. The zero-order chi connectivity index (χ0) is 16.7. The Labute approximate surface area is 139 Å². The third-order valence-electron chi connectivity index (χ3n) is 3.73. The van der Waals surface area contributed by atoms with Gasteiger partial charge in [-0.25, -0.2) is 0 Å². The number of rotatable bonds is 7. The first-order valence-electron chi connectivity index (χ1n) is 8.13. The minimum atomic E-state index is -0.225. The van der Waals surface area contributed by atoms with Gasteiger partial charge in [0.2, 0.25) is 0 Å². The Morgan fingerprint density at radius 1 is 1.22 bits per heavy atom. The van der Waals surface area contributed by atoms with Crippen LogP contribution in [0.15, 0.2) is 36.3 Å². The number of benzene rings is 1. The van der Waals surface area contributed by atoms with Crippen LogP contribution < -0.4 is 4.74 Å². The Morgan fingerprint density at radius 2 is 1.87 bits per heavy atom. The standard InChI is InChI=1S/C18H27BO4/c1-15(21-12-16-7-9-17(20-4)10-8-16)6-5-11-19-22-13-18(2,3)14-23-19/h5,7-11,15H,6,12-14H2,1-4H3/b11-5+/t15-/m1/s1. The second-order valence-corrected chi connectivity index (χ2v) is 6.79. The van der Waals surface area contributed by atoms with Gasteiger partial charge >= 0.3 is 7.12 Å². The second-order valence-electron chi connectivity index (χ2n) is 6.79. The van der Waals surface area contributed by atoms with Crippen molar-refractivity contribution in [2.45, 2.75) is 39.9 Å². The van der Waals surface area contributed by atoms with E-state index >= 15 is 0 Å². The van der Waals surface area contributed by atoms with Gasteiger partial charge in [-0.1, -0.05) is 38.0 Å². The van der Waals surface area contributed by atoms with E-state index in [2.05, 4.69) is 26.8 Å². The fourth-order valence-electron chi connectivity index (χ4n) is 2.23. The molecule has 0 radical (unpaired) electrons. The van der Waals surface area contributed by atoms with Crippen molar-refractivity contribution in [3.63, 3.8) is 0 Å². The molecule has 0 unspecified atom stereocenters. The third-order valence-corrected chi connectivity index (χ3v) is 3.73. The van der Waals surface area contributed by atoms with E-state index in [1.54, 1.807) is 7.11 Å². The van der Waals surface area contributed by atoms with Crippen LogP contribution in [0.3, 0.4) is 0 Å². The lowest BCUT2D eigenvalue weighted by Gasteiger charge is -2.32. The van der Waals surface area contributed by atoms with Crippen LogP contribution in [0.2, 0.25) is 0 Å². The molecule has 1 aromatic carbocycles. The van der Waals surface area contributed by atoms with Crippen molar-refractivity contribution in [2.75, 3.05) is 20.3 Å². The van der Waals surface area contributed by atoms with E-state index in [0.717, 1.165) is 30.9 Å². The van der Waals surface area contributed by atoms with Crippen LogP contribution in [0, 0.1) is 5.41 Å². The van der Waals surface area contributed by atoms with Gasteiger partial charge in [-0.3, -0.25) is 0 Å². The maximum Gasteiger partial charge on any atom is 0.485 e. The molecule has 0 spiro atoms. The summed E-state index contributed by atoms with van der Waals surface area (Å²) in [6.07, 6.45) is 3.05. The molecule has 1 heterocycles. The highest BCUT2D eigenvalue weighted by Crippen LogP contribution is 2.21. The first-order valence-corrected chi connectivity index (χ1v) is 8.13. The van der Waals surface area contributed by atoms with Crippen molar-refractivity contribution in [1.29, 1.82) is 0 Å². The molecule has 0 N–H and O–H groups in total. The number of hydrogen-bond donors (Lipinski definition) is 0. The van der Waals surface area contributed by atoms with Gasteiger partial charge in [-0.15, -0.1) is 0 Å². The number of ether oxygens (including phenoxy) is 2. The van der Waals surface area contributed by atoms with Crippen LogP contribution in [-0.4, -0.2) is 33.5 Å². The molecule has 23 heavy (non-hydrogen) atoms. The highest BCUT2D eigenvalue weighted by atomic mass is 16.6. The van der Waals surface area contributed by atoms with E-state index < -0.39 is 0 Å². The Hall–Kier alpha value is -1.30. The smallest absolute Gasteiger partial charge is 0.485 e. The molecular formula is C18H27BO4. The highest BCUT2D eigenvalue weighted by Gasteiger charge is 2.30. The molecule has 4 nitrogen and oxygen atoms in total. The molecule has 1 atom stereocenters. The van der Waals surface area contributed by atoms with Crippen LogP contribution in [0.5, 0.6) is 5.75 Å². The number of hydrogen-bond acceptors (Lipinski definition) is 4. The topological polar surface area (TPSA) is 36.9 Å². The lowest BCUT2D eigenvalue weighted by atomic mass is 9.83. The van der Waals surface area contributed by atoms with Gasteiger partial charge in [-0.2, -0.15) is 0 Å². The molecule has 126 valence electrons. The second kappa shape index (κ2) is 8.53. The van der Waals surface area contributed by atoms with Crippen LogP contribution in [0.4, 0.5) is 0 Å². The summed E-state index contributed by atoms with van der Waals surface area (Å²) in [4.78, 5) is 0. The van der Waals surface area contributed by atoms with E-state index in [9.17, 15) is 0 Å². The monoisotopic (exact) mass is 318 g/mol. The molecule has 1 fully saturated rings. The molecule has 1 aliphatic heterocycles. The Balaban J connectivity index is 1.66. The largest absolute Gasteiger partial charge is 0.497 e. The minimum Gasteiger partial charge on any atom is -0.497 e. The van der Waals surface area contributed by atoms with Crippen LogP contribution in [0.1, 0.15) is 32.8 Å². The maximum atomic E-state index is 5.85. The molecular weight excluding hydrogens is 291 g/mol. The molecule has 1 aromatic rings. The summed E-state index contributed by atoms with van der Waals surface area (Å²) >= 11 is 0. The fraction of sp³-hybridized carbons (Fsp3) is 0.556.